The van der Waals surface area contributed by atoms with Crippen LogP contribution in [0.2, 0.25) is 0 Å². The summed E-state index contributed by atoms with van der Waals surface area (Å²) in [6.45, 7) is 10.0. The first-order valence-electron chi connectivity index (χ1n) is 9.12. The summed E-state index contributed by atoms with van der Waals surface area (Å²) in [7, 11) is 0. The van der Waals surface area contributed by atoms with E-state index in [0.717, 1.165) is 22.4 Å². The number of nitrogens with zero attached hydrogens (tertiary/aromatic N) is 4. The van der Waals surface area contributed by atoms with Gasteiger partial charge < -0.3 is 5.32 Å². The van der Waals surface area contributed by atoms with Gasteiger partial charge in [-0.2, -0.15) is 0 Å². The number of aryl methyl sites for hydroxylation is 2. The van der Waals surface area contributed by atoms with Crippen molar-refractivity contribution in [3.05, 3.63) is 53.9 Å². The number of aromatic nitrogens is 4. The molecular weight excluding hydrogens is 370 g/mol. The van der Waals surface area contributed by atoms with Crippen LogP contribution in [0.1, 0.15) is 31.9 Å². The third-order valence-electron chi connectivity index (χ3n) is 4.01. The van der Waals surface area contributed by atoms with Gasteiger partial charge in [0.15, 0.2) is 11.0 Å². The summed E-state index contributed by atoms with van der Waals surface area (Å²) in [4.78, 5) is 16.5. The summed E-state index contributed by atoms with van der Waals surface area (Å²) >= 11 is 1.38. The zero-order valence-electron chi connectivity index (χ0n) is 16.9. The molecule has 1 aromatic carbocycles. The van der Waals surface area contributed by atoms with Crippen molar-refractivity contribution in [1.29, 1.82) is 0 Å². The number of rotatable bonds is 5. The third-order valence-corrected chi connectivity index (χ3v) is 4.93. The van der Waals surface area contributed by atoms with Gasteiger partial charge in [-0.05, 0) is 63.9 Å². The van der Waals surface area contributed by atoms with Crippen LogP contribution in [0, 0.1) is 13.8 Å². The highest BCUT2D eigenvalue weighted by Crippen LogP contribution is 2.29. The summed E-state index contributed by atoms with van der Waals surface area (Å²) < 4.78 is 2.01. The molecule has 0 fully saturated rings. The predicted octanol–water partition coefficient (Wildman–Crippen LogP) is 3.95. The molecule has 0 saturated heterocycles. The quantitative estimate of drug-likeness (QED) is 0.662. The van der Waals surface area contributed by atoms with Gasteiger partial charge in [0.1, 0.15) is 0 Å². The Labute approximate surface area is 169 Å². The van der Waals surface area contributed by atoms with Crippen LogP contribution in [0.3, 0.4) is 0 Å². The lowest BCUT2D eigenvalue weighted by molar-refractivity contribution is -0.119. The highest BCUT2D eigenvalue weighted by atomic mass is 32.2. The number of pyridine rings is 1. The van der Waals surface area contributed by atoms with E-state index in [1.54, 1.807) is 12.4 Å². The van der Waals surface area contributed by atoms with Crippen molar-refractivity contribution >= 4 is 17.7 Å². The fourth-order valence-electron chi connectivity index (χ4n) is 2.81. The first-order chi connectivity index (χ1) is 13.2. The van der Waals surface area contributed by atoms with Crippen LogP contribution < -0.4 is 5.32 Å². The lowest BCUT2D eigenvalue weighted by Crippen LogP contribution is -2.41. The summed E-state index contributed by atoms with van der Waals surface area (Å²) in [5, 5.41) is 12.4. The number of hydrogen-bond acceptors (Lipinski definition) is 5. The number of carbonyl (C=O) groups excluding carboxylic acids is 1. The molecule has 0 unspecified atom stereocenters. The Bertz CT molecular complexity index is 976. The van der Waals surface area contributed by atoms with Crippen LogP contribution in [0.5, 0.6) is 0 Å². The molecule has 1 N–H and O–H groups in total. The highest BCUT2D eigenvalue weighted by molar-refractivity contribution is 7.99. The Balaban J connectivity index is 2.00. The predicted molar refractivity (Wildman–Crippen MR) is 113 cm³/mol. The second-order valence-electron chi connectivity index (χ2n) is 7.76. The van der Waals surface area contributed by atoms with Gasteiger partial charge in [0, 0.05) is 23.5 Å². The van der Waals surface area contributed by atoms with Gasteiger partial charge in [0.05, 0.1) is 11.4 Å². The smallest absolute Gasteiger partial charge is 0.230 e. The summed E-state index contributed by atoms with van der Waals surface area (Å²) in [6, 6.07) is 10.1. The normalized spacial score (nSPS) is 11.5. The Morgan fingerprint density at radius 1 is 1.18 bits per heavy atom. The van der Waals surface area contributed by atoms with Crippen LogP contribution in [0.4, 0.5) is 0 Å². The molecule has 2 aromatic heterocycles. The van der Waals surface area contributed by atoms with Crippen LogP contribution in [-0.2, 0) is 4.79 Å². The van der Waals surface area contributed by atoms with Gasteiger partial charge in [-0.25, -0.2) is 0 Å². The number of hydrogen-bond donors (Lipinski definition) is 1. The maximum atomic E-state index is 12.3. The van der Waals surface area contributed by atoms with Crippen LogP contribution >= 0.6 is 11.8 Å². The van der Waals surface area contributed by atoms with Crippen LogP contribution in [-0.4, -0.2) is 36.9 Å². The fourth-order valence-corrected chi connectivity index (χ4v) is 3.55. The zero-order valence-corrected chi connectivity index (χ0v) is 17.7. The molecule has 0 bridgehead atoms. The van der Waals surface area contributed by atoms with Gasteiger partial charge >= 0.3 is 0 Å². The molecule has 0 spiro atoms. The Morgan fingerprint density at radius 3 is 2.64 bits per heavy atom. The van der Waals surface area contributed by atoms with E-state index in [2.05, 4.69) is 52.5 Å². The molecule has 28 heavy (non-hydrogen) atoms. The molecule has 3 aromatic rings. The first-order valence-corrected chi connectivity index (χ1v) is 10.1. The number of carbonyl (C=O) groups is 1. The van der Waals surface area contributed by atoms with Gasteiger partial charge in [0.25, 0.3) is 0 Å². The van der Waals surface area contributed by atoms with Crippen molar-refractivity contribution in [2.75, 3.05) is 5.75 Å². The van der Waals surface area contributed by atoms with E-state index in [9.17, 15) is 4.79 Å². The number of benzene rings is 1. The van der Waals surface area contributed by atoms with Gasteiger partial charge in [-0.15, -0.1) is 10.2 Å². The molecule has 146 valence electrons. The summed E-state index contributed by atoms with van der Waals surface area (Å²) in [5.74, 6) is 0.948. The largest absolute Gasteiger partial charge is 0.351 e. The van der Waals surface area contributed by atoms with Crippen molar-refractivity contribution in [2.24, 2.45) is 0 Å². The molecule has 2 heterocycles. The minimum absolute atomic E-state index is 0.0315. The second kappa shape index (κ2) is 8.14. The minimum atomic E-state index is -0.265. The Hall–Kier alpha value is -2.67. The standard InChI is InChI=1S/C21H25N5OS/c1-14-8-9-15(2)17(11-14)26-19(16-7-6-10-22-12-16)24-25-20(26)28-13-18(27)23-21(3,4)5/h6-12H,13H2,1-5H3,(H,23,27). The molecule has 0 radical (unpaired) electrons. The molecule has 0 aliphatic carbocycles. The van der Waals surface area contributed by atoms with Crippen molar-refractivity contribution in [1.82, 2.24) is 25.1 Å². The average molecular weight is 396 g/mol. The van der Waals surface area contributed by atoms with Crippen molar-refractivity contribution < 1.29 is 4.79 Å². The lowest BCUT2D eigenvalue weighted by atomic mass is 10.1. The topological polar surface area (TPSA) is 72.7 Å². The van der Waals surface area contributed by atoms with Gasteiger partial charge in [0.2, 0.25) is 5.91 Å². The molecule has 0 saturated carbocycles. The minimum Gasteiger partial charge on any atom is -0.351 e. The van der Waals surface area contributed by atoms with E-state index in [-0.39, 0.29) is 17.2 Å². The van der Waals surface area contributed by atoms with Crippen LogP contribution in [0.15, 0.2) is 47.9 Å². The van der Waals surface area contributed by atoms with Crippen LogP contribution in [0.25, 0.3) is 17.1 Å². The molecule has 0 aliphatic rings. The lowest BCUT2D eigenvalue weighted by Gasteiger charge is -2.20. The van der Waals surface area contributed by atoms with E-state index in [1.165, 1.54) is 11.8 Å². The maximum absolute atomic E-state index is 12.3. The van der Waals surface area contributed by atoms with Gasteiger partial charge in [-0.1, -0.05) is 23.9 Å². The van der Waals surface area contributed by atoms with E-state index in [1.807, 2.05) is 37.5 Å². The van der Waals surface area contributed by atoms with E-state index >= 15 is 0 Å². The molecule has 1 amide bonds. The van der Waals surface area contributed by atoms with Gasteiger partial charge in [-0.3, -0.25) is 14.3 Å². The van der Waals surface area contributed by atoms with E-state index in [4.69, 9.17) is 0 Å². The molecule has 0 aliphatic heterocycles. The second-order valence-corrected chi connectivity index (χ2v) is 8.70. The molecule has 0 atom stereocenters. The highest BCUT2D eigenvalue weighted by Gasteiger charge is 2.20. The summed E-state index contributed by atoms with van der Waals surface area (Å²) in [6.07, 6.45) is 3.50. The van der Waals surface area contributed by atoms with Crippen molar-refractivity contribution in [3.63, 3.8) is 0 Å². The number of thioether (sulfide) groups is 1. The maximum Gasteiger partial charge on any atom is 0.230 e. The number of amides is 1. The zero-order chi connectivity index (χ0) is 20.3. The molecule has 7 heteroatoms. The monoisotopic (exact) mass is 395 g/mol. The van der Waals surface area contributed by atoms with Crippen molar-refractivity contribution in [3.8, 4) is 17.1 Å². The molecular formula is C21H25N5OS. The molecule has 6 nitrogen and oxygen atoms in total. The van der Waals surface area contributed by atoms with Crippen molar-refractivity contribution in [2.45, 2.75) is 45.3 Å². The van der Waals surface area contributed by atoms with E-state index < -0.39 is 0 Å². The Morgan fingerprint density at radius 2 is 1.96 bits per heavy atom. The number of nitrogens with one attached hydrogen (secondary N) is 1. The SMILES string of the molecule is Cc1ccc(C)c(-n2c(SCC(=O)NC(C)(C)C)nnc2-c2cccnc2)c1. The summed E-state index contributed by atoms with van der Waals surface area (Å²) in [5.41, 5.74) is 3.87. The third kappa shape index (κ3) is 4.78. The Kier molecular flexibility index (Phi) is 5.84. The average Bonchev–Trinajstić information content (AvgIpc) is 3.05. The molecule has 3 rings (SSSR count). The fraction of sp³-hybridized carbons (Fsp3) is 0.333. The first kappa shape index (κ1) is 20.1. The van der Waals surface area contributed by atoms with E-state index in [0.29, 0.717) is 11.0 Å².